The van der Waals surface area contributed by atoms with E-state index in [1.165, 1.54) is 44.5 Å². The van der Waals surface area contributed by atoms with Gasteiger partial charge < -0.3 is 9.15 Å². The summed E-state index contributed by atoms with van der Waals surface area (Å²) in [6.07, 6.45) is 9.08. The van der Waals surface area contributed by atoms with E-state index in [9.17, 15) is 4.79 Å². The van der Waals surface area contributed by atoms with Crippen molar-refractivity contribution < 1.29 is 13.9 Å². The summed E-state index contributed by atoms with van der Waals surface area (Å²) in [5, 5.41) is 1.75. The summed E-state index contributed by atoms with van der Waals surface area (Å²) >= 11 is 10.0. The van der Waals surface area contributed by atoms with Crippen LogP contribution in [0.5, 0.6) is 0 Å². The van der Waals surface area contributed by atoms with Crippen LogP contribution < -0.4 is 0 Å². The standard InChI is InChI=1S/C23H22BrClO2.C5H6O/c1-2-27-23(26)20-7-6-14(12-13-24)15-8-9-17-16-4-3-5-21(25)18(16)10-11-19(17)22(15)20;1-5-2-3-6-4-5/h3-6,8-9,20H,2,7,10-13H2,1H3;2-4H,1H3. The number of aryl methyl sites for hydroxylation is 1. The Bertz CT molecular complexity index is 1160. The third-order valence-corrected chi connectivity index (χ3v) is 7.03. The van der Waals surface area contributed by atoms with Crippen LogP contribution in [-0.4, -0.2) is 17.9 Å². The van der Waals surface area contributed by atoms with Gasteiger partial charge >= 0.3 is 5.97 Å². The lowest BCUT2D eigenvalue weighted by Gasteiger charge is -2.31. The number of furan rings is 1. The Kier molecular flexibility index (Phi) is 7.77. The van der Waals surface area contributed by atoms with Gasteiger partial charge in [-0.1, -0.05) is 57.9 Å². The Labute approximate surface area is 208 Å². The molecule has 2 aromatic carbocycles. The number of hydrogen-bond acceptors (Lipinski definition) is 3. The van der Waals surface area contributed by atoms with Crippen LogP contribution in [0.4, 0.5) is 0 Å². The molecule has 5 rings (SSSR count). The Balaban J connectivity index is 0.000000376. The number of halogens is 2. The average Bonchev–Trinajstić information content (AvgIpc) is 3.30. The summed E-state index contributed by atoms with van der Waals surface area (Å²) in [5.41, 5.74) is 9.81. The summed E-state index contributed by atoms with van der Waals surface area (Å²) in [5.74, 6) is -0.326. The van der Waals surface area contributed by atoms with Crippen molar-refractivity contribution in [2.75, 3.05) is 11.9 Å². The molecule has 0 saturated heterocycles. The lowest BCUT2D eigenvalue weighted by molar-refractivity contribution is -0.144. The lowest BCUT2D eigenvalue weighted by Crippen LogP contribution is -2.22. The number of hydrogen-bond donors (Lipinski definition) is 0. The van der Waals surface area contributed by atoms with Gasteiger partial charge in [0, 0.05) is 10.4 Å². The molecule has 0 fully saturated rings. The highest BCUT2D eigenvalue weighted by Gasteiger charge is 2.33. The van der Waals surface area contributed by atoms with Gasteiger partial charge in [-0.3, -0.25) is 4.79 Å². The van der Waals surface area contributed by atoms with Gasteiger partial charge in [0.05, 0.1) is 25.1 Å². The highest BCUT2D eigenvalue weighted by atomic mass is 79.9. The molecule has 1 heterocycles. The Hall–Kier alpha value is -2.30. The van der Waals surface area contributed by atoms with Crippen molar-refractivity contribution in [3.05, 3.63) is 87.8 Å². The number of rotatable bonds is 4. The van der Waals surface area contributed by atoms with Crippen LogP contribution >= 0.6 is 27.5 Å². The second-order valence-electron chi connectivity index (χ2n) is 8.33. The quantitative estimate of drug-likeness (QED) is 0.256. The molecule has 2 aliphatic carbocycles. The molecule has 1 unspecified atom stereocenters. The molecule has 5 heteroatoms. The first-order valence-corrected chi connectivity index (χ1v) is 12.9. The van der Waals surface area contributed by atoms with Crippen molar-refractivity contribution in [2.45, 2.75) is 45.4 Å². The van der Waals surface area contributed by atoms with Crippen LogP contribution in [0.25, 0.3) is 16.7 Å². The topological polar surface area (TPSA) is 39.4 Å². The third kappa shape index (κ3) is 4.97. The van der Waals surface area contributed by atoms with Crippen LogP contribution in [0.1, 0.15) is 53.5 Å². The minimum Gasteiger partial charge on any atom is -0.472 e. The summed E-state index contributed by atoms with van der Waals surface area (Å²) in [4.78, 5) is 12.7. The summed E-state index contributed by atoms with van der Waals surface area (Å²) in [6.45, 7) is 4.27. The van der Waals surface area contributed by atoms with Crippen LogP contribution in [0, 0.1) is 6.92 Å². The van der Waals surface area contributed by atoms with E-state index in [0.717, 1.165) is 29.6 Å². The average molecular weight is 528 g/mol. The van der Waals surface area contributed by atoms with Crippen LogP contribution in [0.15, 0.2) is 59.4 Å². The zero-order chi connectivity index (χ0) is 23.4. The second kappa shape index (κ2) is 10.8. The molecule has 0 spiro atoms. The van der Waals surface area contributed by atoms with Gasteiger partial charge in [0.2, 0.25) is 0 Å². The Morgan fingerprint density at radius 3 is 2.55 bits per heavy atom. The Morgan fingerprint density at radius 2 is 1.88 bits per heavy atom. The largest absolute Gasteiger partial charge is 0.472 e. The highest BCUT2D eigenvalue weighted by Crippen LogP contribution is 2.46. The summed E-state index contributed by atoms with van der Waals surface area (Å²) in [7, 11) is 0. The zero-order valence-corrected chi connectivity index (χ0v) is 21.3. The van der Waals surface area contributed by atoms with Crippen molar-refractivity contribution in [3.63, 3.8) is 0 Å². The second-order valence-corrected chi connectivity index (χ2v) is 9.53. The number of carbonyl (C=O) groups excluding carboxylic acids is 1. The Morgan fingerprint density at radius 1 is 1.12 bits per heavy atom. The fraction of sp³-hybridized carbons (Fsp3) is 0.321. The van der Waals surface area contributed by atoms with Crippen LogP contribution in [-0.2, 0) is 22.4 Å². The number of fused-ring (bicyclic) bond motifs is 5. The van der Waals surface area contributed by atoms with E-state index in [1.807, 2.05) is 32.0 Å². The van der Waals surface area contributed by atoms with Crippen molar-refractivity contribution >= 4 is 39.1 Å². The van der Waals surface area contributed by atoms with Gasteiger partial charge in [0.15, 0.2) is 0 Å². The van der Waals surface area contributed by atoms with E-state index in [-0.39, 0.29) is 11.9 Å². The minimum absolute atomic E-state index is 0.113. The molecule has 0 N–H and O–H groups in total. The van der Waals surface area contributed by atoms with Crippen LogP contribution in [0.3, 0.4) is 0 Å². The van der Waals surface area contributed by atoms with E-state index in [1.54, 1.807) is 12.5 Å². The number of carbonyl (C=O) groups is 1. The number of allylic oxidation sites excluding steroid dienone is 2. The first-order chi connectivity index (χ1) is 16.0. The maximum atomic E-state index is 12.7. The molecule has 0 saturated carbocycles. The van der Waals surface area contributed by atoms with E-state index >= 15 is 0 Å². The number of esters is 1. The number of benzene rings is 2. The predicted molar refractivity (Wildman–Crippen MR) is 138 cm³/mol. The molecule has 1 atom stereocenters. The maximum Gasteiger partial charge on any atom is 0.313 e. The predicted octanol–water partition coefficient (Wildman–Crippen LogP) is 7.91. The maximum absolute atomic E-state index is 12.7. The minimum atomic E-state index is -0.213. The molecule has 0 aliphatic heterocycles. The van der Waals surface area contributed by atoms with Crippen LogP contribution in [0.2, 0.25) is 5.02 Å². The monoisotopic (exact) mass is 526 g/mol. The van der Waals surface area contributed by atoms with E-state index < -0.39 is 0 Å². The molecule has 172 valence electrons. The highest BCUT2D eigenvalue weighted by molar-refractivity contribution is 9.09. The van der Waals surface area contributed by atoms with Gasteiger partial charge in [-0.15, -0.1) is 0 Å². The van der Waals surface area contributed by atoms with Gasteiger partial charge in [0.25, 0.3) is 0 Å². The summed E-state index contributed by atoms with van der Waals surface area (Å²) in [6, 6.07) is 12.4. The van der Waals surface area contributed by atoms with Gasteiger partial charge in [-0.05, 0) is 96.2 Å². The van der Waals surface area contributed by atoms with Crippen molar-refractivity contribution in [1.29, 1.82) is 0 Å². The first kappa shape index (κ1) is 23.8. The van der Waals surface area contributed by atoms with Crippen molar-refractivity contribution in [3.8, 4) is 11.1 Å². The molecule has 0 radical (unpaired) electrons. The molecule has 33 heavy (non-hydrogen) atoms. The molecular weight excluding hydrogens is 500 g/mol. The van der Waals surface area contributed by atoms with E-state index in [0.29, 0.717) is 13.0 Å². The van der Waals surface area contributed by atoms with Crippen molar-refractivity contribution in [2.24, 2.45) is 0 Å². The zero-order valence-electron chi connectivity index (χ0n) is 19.0. The molecular formula is C28H28BrClO3. The van der Waals surface area contributed by atoms with Gasteiger partial charge in [0.1, 0.15) is 0 Å². The van der Waals surface area contributed by atoms with Gasteiger partial charge in [-0.25, -0.2) is 0 Å². The fourth-order valence-corrected chi connectivity index (χ4v) is 5.49. The van der Waals surface area contributed by atoms with Crippen molar-refractivity contribution in [1.82, 2.24) is 0 Å². The number of ether oxygens (including phenoxy) is 1. The molecule has 0 bridgehead atoms. The molecule has 0 amide bonds. The first-order valence-electron chi connectivity index (χ1n) is 11.4. The molecule has 3 nitrogen and oxygen atoms in total. The third-order valence-electron chi connectivity index (χ3n) is 6.28. The smallest absolute Gasteiger partial charge is 0.313 e. The molecule has 1 aromatic heterocycles. The molecule has 2 aliphatic rings. The SMILES string of the molecule is CCOC(=O)C1CC=C(CCBr)c2ccc3c(c21)CCc1c(Cl)cccc1-3.Cc1ccoc1. The van der Waals surface area contributed by atoms with Gasteiger partial charge in [-0.2, -0.15) is 0 Å². The fourth-order valence-electron chi connectivity index (χ4n) is 4.80. The molecule has 3 aromatic rings. The van der Waals surface area contributed by atoms with E-state index in [2.05, 4.69) is 40.2 Å². The normalized spacial score (nSPS) is 15.9. The van der Waals surface area contributed by atoms with E-state index in [4.69, 9.17) is 20.8 Å². The number of alkyl halides is 1. The summed E-state index contributed by atoms with van der Waals surface area (Å²) < 4.78 is 10.1. The lowest BCUT2D eigenvalue weighted by atomic mass is 9.73.